The molecule has 31 heavy (non-hydrogen) atoms. The summed E-state index contributed by atoms with van der Waals surface area (Å²) >= 11 is 1.49. The number of hydrogen-bond acceptors (Lipinski definition) is 5. The second kappa shape index (κ2) is 10.1. The fourth-order valence-electron chi connectivity index (χ4n) is 3.41. The number of halogens is 1. The molecule has 0 saturated carbocycles. The van der Waals surface area contributed by atoms with E-state index in [9.17, 15) is 15.2 Å². The van der Waals surface area contributed by atoms with Crippen LogP contribution in [-0.4, -0.2) is 25.9 Å². The fourth-order valence-corrected chi connectivity index (χ4v) is 4.59. The Hall–Kier alpha value is -2.68. The van der Waals surface area contributed by atoms with Gasteiger partial charge in [-0.2, -0.15) is 0 Å². The van der Waals surface area contributed by atoms with E-state index in [0.29, 0.717) is 24.4 Å². The molecule has 0 spiro atoms. The van der Waals surface area contributed by atoms with Crippen molar-refractivity contribution in [2.75, 3.05) is 5.75 Å². The molecule has 0 aliphatic carbocycles. The van der Waals surface area contributed by atoms with Crippen molar-refractivity contribution in [3.8, 4) is 0 Å². The van der Waals surface area contributed by atoms with Crippen LogP contribution in [0.15, 0.2) is 89.9 Å². The van der Waals surface area contributed by atoms with Crippen LogP contribution in [-0.2, 0) is 18.8 Å². The molecule has 0 radical (unpaired) electrons. The third-order valence-corrected chi connectivity index (χ3v) is 6.20. The van der Waals surface area contributed by atoms with Crippen molar-refractivity contribution in [3.05, 3.63) is 112 Å². The minimum absolute atomic E-state index is 0. The summed E-state index contributed by atoms with van der Waals surface area (Å²) in [4.78, 5) is 17.2. The van der Waals surface area contributed by atoms with Crippen molar-refractivity contribution in [3.63, 3.8) is 0 Å². The average Bonchev–Trinajstić information content (AvgIpc) is 3.10. The van der Waals surface area contributed by atoms with E-state index < -0.39 is 10.6 Å². The Labute approximate surface area is 195 Å². The fraction of sp³-hybridized carbons (Fsp3) is 0.174. The maximum Gasteiger partial charge on any atom is 0.269 e. The molecule has 3 aromatic carbocycles. The molecule has 0 aromatic heterocycles. The number of hydrogen-bond donors (Lipinski definition) is 1. The van der Waals surface area contributed by atoms with Gasteiger partial charge in [0.2, 0.25) is 0 Å². The topological polar surface area (TPSA) is 79.0 Å². The summed E-state index contributed by atoms with van der Waals surface area (Å²) in [5, 5.41) is 23.4. The maximum absolute atomic E-state index is 11.6. The first kappa shape index (κ1) is 23.0. The van der Waals surface area contributed by atoms with E-state index in [1.54, 1.807) is 12.1 Å². The number of aliphatic hydroxyl groups is 1. The summed E-state index contributed by atoms with van der Waals surface area (Å²) in [7, 11) is 0. The third-order valence-electron chi connectivity index (χ3n) is 5.04. The molecule has 0 amide bonds. The molecule has 8 heteroatoms. The van der Waals surface area contributed by atoms with Crippen LogP contribution in [0.1, 0.15) is 16.7 Å². The Balaban J connectivity index is 0.00000272. The third kappa shape index (κ3) is 5.15. The molecule has 3 aromatic rings. The molecule has 4 rings (SSSR count). The summed E-state index contributed by atoms with van der Waals surface area (Å²) < 4.78 is 0. The van der Waals surface area contributed by atoms with E-state index in [0.717, 1.165) is 16.3 Å². The Morgan fingerprint density at radius 2 is 1.55 bits per heavy atom. The molecule has 1 unspecified atom stereocenters. The van der Waals surface area contributed by atoms with Crippen molar-refractivity contribution in [1.29, 1.82) is 0 Å². The van der Waals surface area contributed by atoms with Crippen LogP contribution in [0.5, 0.6) is 0 Å². The molecule has 0 bridgehead atoms. The highest BCUT2D eigenvalue weighted by Gasteiger charge is 2.44. The van der Waals surface area contributed by atoms with Crippen LogP contribution in [0, 0.1) is 10.1 Å². The Kier molecular flexibility index (Phi) is 7.48. The lowest BCUT2D eigenvalue weighted by Gasteiger charge is -2.34. The monoisotopic (exact) mass is 499 g/mol. The number of rotatable bonds is 6. The van der Waals surface area contributed by atoms with Crippen LogP contribution in [0.2, 0.25) is 0 Å². The van der Waals surface area contributed by atoms with Gasteiger partial charge < -0.3 is 10.0 Å². The zero-order valence-corrected chi connectivity index (χ0v) is 19.2. The molecule has 1 N–H and O–H groups in total. The molecule has 1 saturated heterocycles. The van der Waals surface area contributed by atoms with Gasteiger partial charge in [-0.1, -0.05) is 72.4 Å². The van der Waals surface area contributed by atoms with Gasteiger partial charge in [0.15, 0.2) is 10.9 Å². The second-order valence-electron chi connectivity index (χ2n) is 7.07. The Bertz CT molecular complexity index is 1050. The van der Waals surface area contributed by atoms with Crippen LogP contribution < -0.4 is 0 Å². The maximum atomic E-state index is 11.6. The SMILES string of the molecule is Br.O=[N+]([O-])c1ccc(C2(O)CSC(=NCc3ccccc3)N2Cc2ccccc2)cc1. The van der Waals surface area contributed by atoms with Gasteiger partial charge in [0.25, 0.3) is 5.69 Å². The molecule has 6 nitrogen and oxygen atoms in total. The first-order valence-corrected chi connectivity index (χ1v) is 10.5. The predicted molar refractivity (Wildman–Crippen MR) is 129 cm³/mol. The quantitative estimate of drug-likeness (QED) is 0.375. The number of benzene rings is 3. The minimum Gasteiger partial charge on any atom is -0.366 e. The molecule has 1 atom stereocenters. The van der Waals surface area contributed by atoms with E-state index in [4.69, 9.17) is 4.99 Å². The van der Waals surface area contributed by atoms with Gasteiger partial charge in [-0.3, -0.25) is 15.1 Å². The number of aliphatic imine (C=N–C) groups is 1. The zero-order valence-electron chi connectivity index (χ0n) is 16.6. The van der Waals surface area contributed by atoms with Crippen LogP contribution >= 0.6 is 28.7 Å². The van der Waals surface area contributed by atoms with Gasteiger partial charge >= 0.3 is 0 Å². The molecular weight excluding hydrogens is 478 g/mol. The lowest BCUT2D eigenvalue weighted by molar-refractivity contribution is -0.384. The van der Waals surface area contributed by atoms with Gasteiger partial charge in [0.05, 0.1) is 17.2 Å². The zero-order chi connectivity index (χ0) is 21.0. The highest BCUT2D eigenvalue weighted by Crippen LogP contribution is 2.40. The lowest BCUT2D eigenvalue weighted by Crippen LogP contribution is -2.44. The first-order valence-electron chi connectivity index (χ1n) is 9.56. The van der Waals surface area contributed by atoms with Crippen LogP contribution in [0.25, 0.3) is 0 Å². The summed E-state index contributed by atoms with van der Waals surface area (Å²) in [6.07, 6.45) is 0. The van der Waals surface area contributed by atoms with Crippen LogP contribution in [0.4, 0.5) is 5.69 Å². The average molecular weight is 500 g/mol. The van der Waals surface area contributed by atoms with Crippen LogP contribution in [0.3, 0.4) is 0 Å². The minimum atomic E-state index is -1.30. The van der Waals surface area contributed by atoms with E-state index >= 15 is 0 Å². The predicted octanol–water partition coefficient (Wildman–Crippen LogP) is 5.12. The van der Waals surface area contributed by atoms with Crippen molar-refractivity contribution in [2.24, 2.45) is 4.99 Å². The number of thioether (sulfide) groups is 1. The van der Waals surface area contributed by atoms with E-state index in [1.165, 1.54) is 23.9 Å². The van der Waals surface area contributed by atoms with Gasteiger partial charge in [-0.05, 0) is 23.3 Å². The van der Waals surface area contributed by atoms with Crippen molar-refractivity contribution < 1.29 is 10.0 Å². The van der Waals surface area contributed by atoms with Crippen molar-refractivity contribution in [1.82, 2.24) is 4.90 Å². The van der Waals surface area contributed by atoms with Crippen molar-refractivity contribution in [2.45, 2.75) is 18.8 Å². The highest BCUT2D eigenvalue weighted by molar-refractivity contribution is 8.93. The summed E-state index contributed by atoms with van der Waals surface area (Å²) in [6.45, 7) is 1.000. The van der Waals surface area contributed by atoms with Gasteiger partial charge in [-0.25, -0.2) is 0 Å². The van der Waals surface area contributed by atoms with Crippen molar-refractivity contribution >= 4 is 39.6 Å². The number of nitro groups is 1. The Morgan fingerprint density at radius 3 is 2.13 bits per heavy atom. The molecule has 160 valence electrons. The second-order valence-corrected chi connectivity index (χ2v) is 8.01. The normalized spacial score (nSPS) is 19.3. The van der Waals surface area contributed by atoms with Gasteiger partial charge in [0, 0.05) is 24.2 Å². The number of nitrogens with zero attached hydrogens (tertiary/aromatic N) is 3. The number of non-ortho nitro benzene ring substituents is 1. The van der Waals surface area contributed by atoms with Gasteiger partial charge in [-0.15, -0.1) is 17.0 Å². The summed E-state index contributed by atoms with van der Waals surface area (Å²) in [5.41, 5.74) is 1.45. The van der Waals surface area contributed by atoms with Gasteiger partial charge in [0.1, 0.15) is 0 Å². The largest absolute Gasteiger partial charge is 0.366 e. The highest BCUT2D eigenvalue weighted by atomic mass is 79.9. The molecule has 1 heterocycles. The number of amidine groups is 1. The molecule has 1 aliphatic rings. The molecule has 1 aliphatic heterocycles. The summed E-state index contributed by atoms with van der Waals surface area (Å²) in [5.74, 6) is 0.394. The molecular formula is C23H22BrN3O3S. The number of nitro benzene ring substituents is 1. The summed E-state index contributed by atoms with van der Waals surface area (Å²) in [6, 6.07) is 26.0. The smallest absolute Gasteiger partial charge is 0.269 e. The lowest BCUT2D eigenvalue weighted by atomic mass is 10.0. The van der Waals surface area contributed by atoms with E-state index in [-0.39, 0.29) is 22.7 Å². The Morgan fingerprint density at radius 1 is 0.968 bits per heavy atom. The van der Waals surface area contributed by atoms with E-state index in [1.807, 2.05) is 65.6 Å². The first-order chi connectivity index (χ1) is 14.6. The van der Waals surface area contributed by atoms with E-state index in [2.05, 4.69) is 0 Å². The molecule has 1 fully saturated rings. The standard InChI is InChI=1S/C23H21N3O3S.BrH/c27-23(20-11-13-21(14-12-20)26(28)29)17-30-22(24-15-18-7-3-1-4-8-18)25(23)16-19-9-5-2-6-10-19;/h1-14,27H,15-17H2;1H.